The molecule has 1 aliphatic rings. The number of aliphatic hydroxyl groups excluding tert-OH is 1. The molecule has 0 aromatic carbocycles. The van der Waals surface area contributed by atoms with Crippen molar-refractivity contribution in [2.75, 3.05) is 0 Å². The summed E-state index contributed by atoms with van der Waals surface area (Å²) in [5.74, 6) is 0. The van der Waals surface area contributed by atoms with Crippen LogP contribution in [-0.4, -0.2) is 28.9 Å². The number of nitrogens with one attached hydrogen (secondary N) is 1. The van der Waals surface area contributed by atoms with E-state index in [1.165, 1.54) is 0 Å². The standard InChI is InChI=1S/C11H21NO3/c1-11(2,3)15-10(14)12-8-5-4-6-9(13)7-8/h8-9,13H,4-7H2,1-3H3,(H,12,14)/t8-,9?/m0/s1. The van der Waals surface area contributed by atoms with Gasteiger partial charge in [-0.2, -0.15) is 0 Å². The third-order valence-corrected chi connectivity index (χ3v) is 2.37. The summed E-state index contributed by atoms with van der Waals surface area (Å²) in [4.78, 5) is 11.4. The summed E-state index contributed by atoms with van der Waals surface area (Å²) < 4.78 is 5.14. The van der Waals surface area contributed by atoms with E-state index in [1.54, 1.807) is 0 Å². The van der Waals surface area contributed by atoms with Crippen molar-refractivity contribution in [1.82, 2.24) is 5.32 Å². The van der Waals surface area contributed by atoms with E-state index in [9.17, 15) is 9.90 Å². The van der Waals surface area contributed by atoms with Gasteiger partial charge in [0.05, 0.1) is 6.10 Å². The number of aliphatic hydroxyl groups is 1. The quantitative estimate of drug-likeness (QED) is 0.701. The van der Waals surface area contributed by atoms with Gasteiger partial charge < -0.3 is 15.2 Å². The lowest BCUT2D eigenvalue weighted by Crippen LogP contribution is -2.42. The first-order valence-corrected chi connectivity index (χ1v) is 5.54. The summed E-state index contributed by atoms with van der Waals surface area (Å²) >= 11 is 0. The molecule has 0 radical (unpaired) electrons. The summed E-state index contributed by atoms with van der Waals surface area (Å²) in [5.41, 5.74) is -0.461. The largest absolute Gasteiger partial charge is 0.444 e. The van der Waals surface area contributed by atoms with Gasteiger partial charge in [-0.15, -0.1) is 0 Å². The highest BCUT2D eigenvalue weighted by Gasteiger charge is 2.24. The van der Waals surface area contributed by atoms with Crippen molar-refractivity contribution in [3.05, 3.63) is 0 Å². The summed E-state index contributed by atoms with van der Waals surface area (Å²) in [6.45, 7) is 5.51. The van der Waals surface area contributed by atoms with E-state index < -0.39 is 5.60 Å². The van der Waals surface area contributed by atoms with Gasteiger partial charge in [-0.05, 0) is 46.5 Å². The van der Waals surface area contributed by atoms with Gasteiger partial charge in [0, 0.05) is 6.04 Å². The molecule has 0 heterocycles. The normalized spacial score (nSPS) is 27.2. The number of rotatable bonds is 1. The number of amides is 1. The lowest BCUT2D eigenvalue weighted by atomic mass is 9.93. The van der Waals surface area contributed by atoms with E-state index >= 15 is 0 Å². The third kappa shape index (κ3) is 5.02. The molecular weight excluding hydrogens is 194 g/mol. The number of hydrogen-bond acceptors (Lipinski definition) is 3. The molecule has 1 fully saturated rings. The van der Waals surface area contributed by atoms with Crippen molar-refractivity contribution in [2.45, 2.75) is 64.2 Å². The zero-order valence-electron chi connectivity index (χ0n) is 9.75. The Bertz CT molecular complexity index is 222. The topological polar surface area (TPSA) is 58.6 Å². The van der Waals surface area contributed by atoms with E-state index in [-0.39, 0.29) is 18.2 Å². The Labute approximate surface area is 91.0 Å². The molecule has 0 aromatic heterocycles. The predicted molar refractivity (Wildman–Crippen MR) is 57.6 cm³/mol. The summed E-state index contributed by atoms with van der Waals surface area (Å²) in [6, 6.07) is 0.0589. The van der Waals surface area contributed by atoms with E-state index in [2.05, 4.69) is 5.32 Å². The second kappa shape index (κ2) is 4.84. The first kappa shape index (κ1) is 12.3. The third-order valence-electron chi connectivity index (χ3n) is 2.37. The van der Waals surface area contributed by atoms with E-state index in [4.69, 9.17) is 4.74 Å². The molecule has 1 saturated carbocycles. The van der Waals surface area contributed by atoms with Crippen LogP contribution in [0.5, 0.6) is 0 Å². The molecule has 1 rings (SSSR count). The minimum atomic E-state index is -0.461. The van der Waals surface area contributed by atoms with Crippen molar-refractivity contribution in [2.24, 2.45) is 0 Å². The van der Waals surface area contributed by atoms with Crippen LogP contribution in [-0.2, 0) is 4.74 Å². The molecule has 15 heavy (non-hydrogen) atoms. The summed E-state index contributed by atoms with van der Waals surface area (Å²) in [7, 11) is 0. The second-order valence-corrected chi connectivity index (χ2v) is 5.16. The first-order valence-electron chi connectivity index (χ1n) is 5.54. The fourth-order valence-corrected chi connectivity index (χ4v) is 1.77. The van der Waals surface area contributed by atoms with Crippen LogP contribution in [0.3, 0.4) is 0 Å². The fraction of sp³-hybridized carbons (Fsp3) is 0.909. The molecule has 4 nitrogen and oxygen atoms in total. The molecular formula is C11H21NO3. The smallest absolute Gasteiger partial charge is 0.407 e. The van der Waals surface area contributed by atoms with Crippen LogP contribution in [0.4, 0.5) is 4.79 Å². The highest BCUT2D eigenvalue weighted by molar-refractivity contribution is 5.68. The maximum Gasteiger partial charge on any atom is 0.407 e. The molecule has 0 aliphatic heterocycles. The lowest BCUT2D eigenvalue weighted by Gasteiger charge is -2.28. The van der Waals surface area contributed by atoms with Crippen molar-refractivity contribution in [1.29, 1.82) is 0 Å². The van der Waals surface area contributed by atoms with Crippen LogP contribution in [0, 0.1) is 0 Å². The number of carbonyl (C=O) groups is 1. The minimum Gasteiger partial charge on any atom is -0.444 e. The fourth-order valence-electron chi connectivity index (χ4n) is 1.77. The highest BCUT2D eigenvalue weighted by Crippen LogP contribution is 2.18. The Hall–Kier alpha value is -0.770. The Balaban J connectivity index is 2.31. The molecule has 88 valence electrons. The zero-order chi connectivity index (χ0) is 11.5. The van der Waals surface area contributed by atoms with Crippen LogP contribution in [0.25, 0.3) is 0 Å². The Kier molecular flexibility index (Phi) is 3.97. The van der Waals surface area contributed by atoms with Crippen molar-refractivity contribution in [3.8, 4) is 0 Å². The molecule has 0 aromatic rings. The molecule has 0 spiro atoms. The molecule has 2 N–H and O–H groups in total. The van der Waals surface area contributed by atoms with E-state index in [0.29, 0.717) is 6.42 Å². The molecule has 1 amide bonds. The van der Waals surface area contributed by atoms with Gasteiger partial charge in [-0.3, -0.25) is 0 Å². The van der Waals surface area contributed by atoms with Gasteiger partial charge in [0.2, 0.25) is 0 Å². The van der Waals surface area contributed by atoms with E-state index in [1.807, 2.05) is 20.8 Å². The maximum absolute atomic E-state index is 11.4. The zero-order valence-corrected chi connectivity index (χ0v) is 9.75. The number of alkyl carbamates (subject to hydrolysis) is 1. The average molecular weight is 215 g/mol. The van der Waals surface area contributed by atoms with Gasteiger partial charge >= 0.3 is 6.09 Å². The maximum atomic E-state index is 11.4. The lowest BCUT2D eigenvalue weighted by molar-refractivity contribution is 0.0451. The summed E-state index contributed by atoms with van der Waals surface area (Å²) in [5, 5.41) is 12.2. The van der Waals surface area contributed by atoms with Gasteiger partial charge in [0.15, 0.2) is 0 Å². The van der Waals surface area contributed by atoms with Crippen LogP contribution in [0.15, 0.2) is 0 Å². The second-order valence-electron chi connectivity index (χ2n) is 5.16. The van der Waals surface area contributed by atoms with Gasteiger partial charge in [-0.25, -0.2) is 4.79 Å². The minimum absolute atomic E-state index is 0.0589. The Morgan fingerprint density at radius 1 is 1.40 bits per heavy atom. The molecule has 4 heteroatoms. The molecule has 0 bridgehead atoms. The number of ether oxygens (including phenoxy) is 1. The number of hydrogen-bond donors (Lipinski definition) is 2. The first-order chi connectivity index (χ1) is 6.87. The van der Waals surface area contributed by atoms with Gasteiger partial charge in [0.1, 0.15) is 5.60 Å². The summed E-state index contributed by atoms with van der Waals surface area (Å²) in [6.07, 6.45) is 2.70. The Morgan fingerprint density at radius 2 is 2.07 bits per heavy atom. The van der Waals surface area contributed by atoms with Crippen LogP contribution in [0.2, 0.25) is 0 Å². The van der Waals surface area contributed by atoms with E-state index in [0.717, 1.165) is 19.3 Å². The average Bonchev–Trinajstić information content (AvgIpc) is 1.99. The van der Waals surface area contributed by atoms with Gasteiger partial charge in [-0.1, -0.05) is 0 Å². The SMILES string of the molecule is CC(C)(C)OC(=O)N[C@H]1CCCC(O)C1. The Morgan fingerprint density at radius 3 is 2.60 bits per heavy atom. The van der Waals surface area contributed by atoms with Crippen LogP contribution < -0.4 is 5.32 Å². The number of carbonyl (C=O) groups excluding carboxylic acids is 1. The molecule has 1 unspecified atom stereocenters. The monoisotopic (exact) mass is 215 g/mol. The van der Waals surface area contributed by atoms with Crippen molar-refractivity contribution < 1.29 is 14.6 Å². The van der Waals surface area contributed by atoms with Gasteiger partial charge in [0.25, 0.3) is 0 Å². The van der Waals surface area contributed by atoms with Crippen LogP contribution >= 0.6 is 0 Å². The van der Waals surface area contributed by atoms with Crippen molar-refractivity contribution in [3.63, 3.8) is 0 Å². The molecule has 2 atom stereocenters. The molecule has 0 saturated heterocycles. The predicted octanol–water partition coefficient (Wildman–Crippen LogP) is 1.81. The van der Waals surface area contributed by atoms with Crippen LogP contribution in [0.1, 0.15) is 46.5 Å². The molecule has 1 aliphatic carbocycles. The highest BCUT2D eigenvalue weighted by atomic mass is 16.6. The van der Waals surface area contributed by atoms with Crippen molar-refractivity contribution >= 4 is 6.09 Å².